The van der Waals surface area contributed by atoms with Crippen molar-refractivity contribution in [2.75, 3.05) is 0 Å². The summed E-state index contributed by atoms with van der Waals surface area (Å²) in [7, 11) is 0. The van der Waals surface area contributed by atoms with Crippen LogP contribution in [-0.4, -0.2) is 75.1 Å². The molecular weight excluding hydrogens is 452 g/mol. The Bertz CT molecular complexity index is 755. The van der Waals surface area contributed by atoms with Crippen molar-refractivity contribution in [1.29, 1.82) is 0 Å². The molecule has 0 aliphatic rings. The molecule has 0 rings (SSSR count). The maximum absolute atomic E-state index is 12.9. The SMILES string of the molecule is CC(C)CC(N)C(=O)NC(CCC(=O)O)C(=O)NC(C(=O)NC(CCC(=O)O)C(=O)O)C(C)C. The molecule has 194 valence electrons. The number of carboxylic acids is 3. The zero-order valence-corrected chi connectivity index (χ0v) is 19.9. The lowest BCUT2D eigenvalue weighted by molar-refractivity contribution is -0.143. The Kier molecular flexibility index (Phi) is 13.4. The maximum atomic E-state index is 12.9. The number of carbonyl (C=O) groups excluding carboxylic acids is 3. The molecule has 3 amide bonds. The molecule has 34 heavy (non-hydrogen) atoms. The van der Waals surface area contributed by atoms with Crippen molar-refractivity contribution in [1.82, 2.24) is 16.0 Å². The fourth-order valence-electron chi connectivity index (χ4n) is 3.01. The van der Waals surface area contributed by atoms with Crippen molar-refractivity contribution in [3.8, 4) is 0 Å². The van der Waals surface area contributed by atoms with Crippen LogP contribution in [0.4, 0.5) is 0 Å². The molecule has 4 atom stereocenters. The Hall–Kier alpha value is -3.22. The first-order valence-corrected chi connectivity index (χ1v) is 11.0. The Morgan fingerprint density at radius 2 is 1.18 bits per heavy atom. The van der Waals surface area contributed by atoms with Crippen LogP contribution in [0, 0.1) is 11.8 Å². The van der Waals surface area contributed by atoms with Crippen LogP contribution < -0.4 is 21.7 Å². The van der Waals surface area contributed by atoms with Gasteiger partial charge in [0, 0.05) is 12.8 Å². The van der Waals surface area contributed by atoms with Crippen LogP contribution in [0.1, 0.15) is 59.8 Å². The second-order valence-corrected chi connectivity index (χ2v) is 8.79. The van der Waals surface area contributed by atoms with E-state index in [1.807, 2.05) is 13.8 Å². The van der Waals surface area contributed by atoms with E-state index < -0.39 is 78.6 Å². The van der Waals surface area contributed by atoms with E-state index in [1.165, 1.54) is 0 Å². The van der Waals surface area contributed by atoms with Gasteiger partial charge in [-0.3, -0.25) is 24.0 Å². The maximum Gasteiger partial charge on any atom is 0.326 e. The summed E-state index contributed by atoms with van der Waals surface area (Å²) >= 11 is 0. The van der Waals surface area contributed by atoms with Crippen molar-refractivity contribution in [2.45, 2.75) is 84.0 Å². The lowest BCUT2D eigenvalue weighted by atomic mass is 10.0. The van der Waals surface area contributed by atoms with Gasteiger partial charge in [0.25, 0.3) is 0 Å². The van der Waals surface area contributed by atoms with E-state index in [-0.39, 0.29) is 18.8 Å². The summed E-state index contributed by atoms with van der Waals surface area (Å²) in [5.41, 5.74) is 5.83. The first-order chi connectivity index (χ1) is 15.6. The number of rotatable bonds is 16. The van der Waals surface area contributed by atoms with Gasteiger partial charge in [0.1, 0.15) is 18.1 Å². The van der Waals surface area contributed by atoms with Gasteiger partial charge in [0.15, 0.2) is 0 Å². The number of nitrogens with one attached hydrogen (secondary N) is 3. The lowest BCUT2D eigenvalue weighted by Crippen LogP contribution is -2.58. The number of aliphatic carboxylic acids is 3. The van der Waals surface area contributed by atoms with E-state index in [9.17, 15) is 33.9 Å². The van der Waals surface area contributed by atoms with E-state index in [1.54, 1.807) is 13.8 Å². The summed E-state index contributed by atoms with van der Waals surface area (Å²) < 4.78 is 0. The first kappa shape index (κ1) is 30.8. The van der Waals surface area contributed by atoms with Gasteiger partial charge < -0.3 is 37.0 Å². The highest BCUT2D eigenvalue weighted by atomic mass is 16.4. The summed E-state index contributed by atoms with van der Waals surface area (Å²) in [5.74, 6) is -6.63. The van der Waals surface area contributed by atoms with Crippen LogP contribution in [0.25, 0.3) is 0 Å². The fourth-order valence-corrected chi connectivity index (χ4v) is 3.01. The topological polar surface area (TPSA) is 225 Å². The lowest BCUT2D eigenvalue weighted by Gasteiger charge is -2.27. The van der Waals surface area contributed by atoms with E-state index in [2.05, 4.69) is 16.0 Å². The normalized spacial score (nSPS) is 14.6. The smallest absolute Gasteiger partial charge is 0.326 e. The number of carbonyl (C=O) groups is 6. The van der Waals surface area contributed by atoms with Gasteiger partial charge in [0.2, 0.25) is 17.7 Å². The third-order valence-corrected chi connectivity index (χ3v) is 4.85. The van der Waals surface area contributed by atoms with Crippen molar-refractivity contribution in [2.24, 2.45) is 17.6 Å². The number of nitrogens with two attached hydrogens (primary N) is 1. The van der Waals surface area contributed by atoms with Crippen molar-refractivity contribution in [3.63, 3.8) is 0 Å². The molecule has 0 aliphatic carbocycles. The Morgan fingerprint density at radius 1 is 0.706 bits per heavy atom. The van der Waals surface area contributed by atoms with E-state index >= 15 is 0 Å². The zero-order valence-electron chi connectivity index (χ0n) is 19.9. The summed E-state index contributed by atoms with van der Waals surface area (Å²) in [6.07, 6.45) is -1.21. The molecular formula is C21H36N4O9. The first-order valence-electron chi connectivity index (χ1n) is 11.0. The van der Waals surface area contributed by atoms with Crippen LogP contribution in [0.3, 0.4) is 0 Å². The number of hydrogen-bond acceptors (Lipinski definition) is 7. The van der Waals surface area contributed by atoms with Crippen LogP contribution in [-0.2, 0) is 28.8 Å². The van der Waals surface area contributed by atoms with Gasteiger partial charge in [-0.05, 0) is 31.1 Å². The van der Waals surface area contributed by atoms with Gasteiger partial charge in [-0.1, -0.05) is 27.7 Å². The third kappa shape index (κ3) is 12.1. The second-order valence-electron chi connectivity index (χ2n) is 8.79. The molecule has 0 radical (unpaired) electrons. The Labute approximate surface area is 197 Å². The molecule has 0 aromatic carbocycles. The predicted octanol–water partition coefficient (Wildman–Crippen LogP) is -0.716. The van der Waals surface area contributed by atoms with Gasteiger partial charge >= 0.3 is 17.9 Å². The average molecular weight is 489 g/mol. The van der Waals surface area contributed by atoms with Crippen LogP contribution >= 0.6 is 0 Å². The van der Waals surface area contributed by atoms with Crippen molar-refractivity contribution < 1.29 is 44.1 Å². The summed E-state index contributed by atoms with van der Waals surface area (Å²) in [6, 6.07) is -4.93. The molecule has 0 aliphatic heterocycles. The minimum absolute atomic E-state index is 0.101. The molecule has 0 bridgehead atoms. The van der Waals surface area contributed by atoms with Gasteiger partial charge in [0.05, 0.1) is 6.04 Å². The molecule has 0 saturated carbocycles. The average Bonchev–Trinajstić information content (AvgIpc) is 2.70. The van der Waals surface area contributed by atoms with Crippen molar-refractivity contribution >= 4 is 35.6 Å². The molecule has 0 heterocycles. The van der Waals surface area contributed by atoms with Crippen LogP contribution in [0.15, 0.2) is 0 Å². The zero-order chi connectivity index (χ0) is 26.6. The Balaban J connectivity index is 5.48. The second kappa shape index (κ2) is 14.8. The molecule has 0 fully saturated rings. The molecule has 0 spiro atoms. The monoisotopic (exact) mass is 488 g/mol. The highest BCUT2D eigenvalue weighted by Gasteiger charge is 2.32. The summed E-state index contributed by atoms with van der Waals surface area (Å²) in [5, 5.41) is 34.0. The Morgan fingerprint density at radius 3 is 1.59 bits per heavy atom. The summed E-state index contributed by atoms with van der Waals surface area (Å²) in [6.45, 7) is 6.88. The highest BCUT2D eigenvalue weighted by molar-refractivity contribution is 5.94. The number of amides is 3. The molecule has 13 heteroatoms. The predicted molar refractivity (Wildman–Crippen MR) is 119 cm³/mol. The minimum Gasteiger partial charge on any atom is -0.481 e. The highest BCUT2D eigenvalue weighted by Crippen LogP contribution is 2.08. The molecule has 0 aromatic heterocycles. The number of carboxylic acid groups (broad SMARTS) is 3. The van der Waals surface area contributed by atoms with Gasteiger partial charge in [-0.25, -0.2) is 4.79 Å². The van der Waals surface area contributed by atoms with Gasteiger partial charge in [-0.15, -0.1) is 0 Å². The standard InChI is InChI=1S/C21H36N4O9/c1-10(2)9-12(22)18(30)23-13(5-7-15(26)27)19(31)25-17(11(3)4)20(32)24-14(21(33)34)6-8-16(28)29/h10-14,17H,5-9,22H2,1-4H3,(H,23,30)(H,24,32)(H,25,31)(H,26,27)(H,28,29)(H,33,34). The quantitative estimate of drug-likeness (QED) is 0.144. The van der Waals surface area contributed by atoms with Crippen molar-refractivity contribution in [3.05, 3.63) is 0 Å². The van der Waals surface area contributed by atoms with Gasteiger partial charge in [-0.2, -0.15) is 0 Å². The molecule has 4 unspecified atom stereocenters. The van der Waals surface area contributed by atoms with E-state index in [0.29, 0.717) is 6.42 Å². The molecule has 13 nitrogen and oxygen atoms in total. The van der Waals surface area contributed by atoms with E-state index in [0.717, 1.165) is 0 Å². The fraction of sp³-hybridized carbons (Fsp3) is 0.714. The summed E-state index contributed by atoms with van der Waals surface area (Å²) in [4.78, 5) is 71.0. The van der Waals surface area contributed by atoms with Crippen LogP contribution in [0.5, 0.6) is 0 Å². The largest absolute Gasteiger partial charge is 0.481 e. The molecule has 0 aromatic rings. The molecule has 0 saturated heterocycles. The van der Waals surface area contributed by atoms with Crippen LogP contribution in [0.2, 0.25) is 0 Å². The molecule has 8 N–H and O–H groups in total. The van der Waals surface area contributed by atoms with E-state index in [4.69, 9.17) is 15.9 Å². The third-order valence-electron chi connectivity index (χ3n) is 4.85. The number of hydrogen-bond donors (Lipinski definition) is 7. The minimum atomic E-state index is -1.49.